The second kappa shape index (κ2) is 10.3. The molecular formula is C16H26N2O3. The quantitative estimate of drug-likeness (QED) is 0.659. The lowest BCUT2D eigenvalue weighted by atomic mass is 10.0. The molecule has 118 valence electrons. The molecule has 0 aliphatic rings. The van der Waals surface area contributed by atoms with Crippen LogP contribution in [0.1, 0.15) is 17.5 Å². The number of nitrogens with two attached hydrogens (primary N) is 1. The van der Waals surface area contributed by atoms with Gasteiger partial charge in [0.05, 0.1) is 13.0 Å². The second-order valence-corrected chi connectivity index (χ2v) is 4.87. The maximum absolute atomic E-state index is 12.5. The number of nitrogens with zero attached hydrogens (tertiary/aromatic N) is 1. The van der Waals surface area contributed by atoms with E-state index >= 15 is 0 Å². The van der Waals surface area contributed by atoms with Gasteiger partial charge in [0.15, 0.2) is 0 Å². The fourth-order valence-corrected chi connectivity index (χ4v) is 2.17. The summed E-state index contributed by atoms with van der Waals surface area (Å²) < 4.78 is 10.1. The van der Waals surface area contributed by atoms with E-state index in [4.69, 9.17) is 15.2 Å². The third kappa shape index (κ3) is 6.25. The van der Waals surface area contributed by atoms with Gasteiger partial charge in [-0.2, -0.15) is 0 Å². The first-order valence-corrected chi connectivity index (χ1v) is 7.25. The molecule has 0 fully saturated rings. The fourth-order valence-electron chi connectivity index (χ4n) is 2.17. The summed E-state index contributed by atoms with van der Waals surface area (Å²) in [5.41, 5.74) is 7.74. The lowest BCUT2D eigenvalue weighted by Gasteiger charge is -2.23. The highest BCUT2D eigenvalue weighted by atomic mass is 16.5. The van der Waals surface area contributed by atoms with Gasteiger partial charge in [0, 0.05) is 40.5 Å². The molecule has 0 saturated heterocycles. The molecule has 0 aliphatic carbocycles. The number of carbonyl (C=O) groups excluding carboxylic acids is 1. The Kier molecular flexibility index (Phi) is 8.66. The van der Waals surface area contributed by atoms with Gasteiger partial charge in [0.1, 0.15) is 0 Å². The van der Waals surface area contributed by atoms with Crippen LogP contribution in [0.2, 0.25) is 0 Å². The molecule has 2 N–H and O–H groups in total. The Labute approximate surface area is 127 Å². The molecule has 0 atom stereocenters. The minimum atomic E-state index is 0.101. The zero-order chi connectivity index (χ0) is 15.5. The van der Waals surface area contributed by atoms with E-state index in [2.05, 4.69) is 0 Å². The first-order valence-electron chi connectivity index (χ1n) is 7.25. The summed E-state index contributed by atoms with van der Waals surface area (Å²) in [6.07, 6.45) is 1.20. The van der Waals surface area contributed by atoms with Crippen LogP contribution in [0.4, 0.5) is 0 Å². The highest BCUT2D eigenvalue weighted by Crippen LogP contribution is 2.10. The molecule has 0 saturated carbocycles. The third-order valence-corrected chi connectivity index (χ3v) is 3.37. The molecular weight excluding hydrogens is 268 g/mol. The highest BCUT2D eigenvalue weighted by molar-refractivity contribution is 5.79. The standard InChI is InChI=1S/C16H26N2O3/c1-20-10-5-8-18(9-11-21-2)16(19)12-14-6-3-4-7-15(14)13-17/h3-4,6-7H,5,8-13,17H2,1-2H3. The maximum Gasteiger partial charge on any atom is 0.227 e. The summed E-state index contributed by atoms with van der Waals surface area (Å²) in [7, 11) is 3.31. The summed E-state index contributed by atoms with van der Waals surface area (Å²) in [6.45, 7) is 2.92. The minimum absolute atomic E-state index is 0.101. The van der Waals surface area contributed by atoms with Crippen LogP contribution in [-0.2, 0) is 27.2 Å². The van der Waals surface area contributed by atoms with Crippen molar-refractivity contribution >= 4 is 5.91 Å². The van der Waals surface area contributed by atoms with Crippen molar-refractivity contribution in [3.63, 3.8) is 0 Å². The van der Waals surface area contributed by atoms with Crippen LogP contribution in [0, 0.1) is 0 Å². The van der Waals surface area contributed by atoms with Gasteiger partial charge in [-0.25, -0.2) is 0 Å². The first-order chi connectivity index (χ1) is 10.2. The van der Waals surface area contributed by atoms with Crippen molar-refractivity contribution in [2.75, 3.05) is 40.5 Å². The molecule has 0 aromatic heterocycles. The number of methoxy groups -OCH3 is 2. The molecule has 0 bridgehead atoms. The maximum atomic E-state index is 12.5. The van der Waals surface area contributed by atoms with Gasteiger partial charge in [0.2, 0.25) is 5.91 Å². The minimum Gasteiger partial charge on any atom is -0.385 e. The topological polar surface area (TPSA) is 64.8 Å². The molecule has 5 nitrogen and oxygen atoms in total. The first kappa shape index (κ1) is 17.6. The van der Waals surface area contributed by atoms with Crippen LogP contribution in [0.15, 0.2) is 24.3 Å². The van der Waals surface area contributed by atoms with Crippen molar-refractivity contribution in [2.45, 2.75) is 19.4 Å². The Morgan fingerprint density at radius 1 is 1.10 bits per heavy atom. The van der Waals surface area contributed by atoms with Gasteiger partial charge >= 0.3 is 0 Å². The average molecular weight is 294 g/mol. The molecule has 0 spiro atoms. The smallest absolute Gasteiger partial charge is 0.227 e. The molecule has 1 aromatic rings. The molecule has 0 heterocycles. The SMILES string of the molecule is COCCCN(CCOC)C(=O)Cc1ccccc1CN. The second-order valence-electron chi connectivity index (χ2n) is 4.87. The van der Waals surface area contributed by atoms with Crippen molar-refractivity contribution in [3.8, 4) is 0 Å². The molecule has 0 radical (unpaired) electrons. The molecule has 1 amide bonds. The zero-order valence-corrected chi connectivity index (χ0v) is 13.0. The van der Waals surface area contributed by atoms with Gasteiger partial charge in [-0.15, -0.1) is 0 Å². The predicted octanol–water partition coefficient (Wildman–Crippen LogP) is 1.20. The summed E-state index contributed by atoms with van der Waals surface area (Å²) >= 11 is 0. The Morgan fingerprint density at radius 2 is 1.76 bits per heavy atom. The largest absolute Gasteiger partial charge is 0.385 e. The van der Waals surface area contributed by atoms with Gasteiger partial charge in [-0.05, 0) is 17.5 Å². The van der Waals surface area contributed by atoms with Gasteiger partial charge in [-0.1, -0.05) is 24.3 Å². The highest BCUT2D eigenvalue weighted by Gasteiger charge is 2.15. The number of rotatable bonds is 10. The van der Waals surface area contributed by atoms with Gasteiger partial charge in [0.25, 0.3) is 0 Å². The van der Waals surface area contributed by atoms with E-state index in [1.54, 1.807) is 14.2 Å². The molecule has 0 unspecified atom stereocenters. The molecule has 1 rings (SSSR count). The summed E-state index contributed by atoms with van der Waals surface area (Å²) in [4.78, 5) is 14.3. The summed E-state index contributed by atoms with van der Waals surface area (Å²) in [5.74, 6) is 0.101. The van der Waals surface area contributed by atoms with E-state index in [9.17, 15) is 4.79 Å². The Hall–Kier alpha value is -1.43. The normalized spacial score (nSPS) is 10.6. The Bertz CT molecular complexity index is 424. The number of benzene rings is 1. The van der Waals surface area contributed by atoms with E-state index in [0.717, 1.165) is 17.5 Å². The number of hydrogen-bond acceptors (Lipinski definition) is 4. The zero-order valence-electron chi connectivity index (χ0n) is 13.0. The van der Waals surface area contributed by atoms with E-state index in [-0.39, 0.29) is 5.91 Å². The molecule has 21 heavy (non-hydrogen) atoms. The van der Waals surface area contributed by atoms with Crippen LogP contribution < -0.4 is 5.73 Å². The summed E-state index contributed by atoms with van der Waals surface area (Å²) in [6, 6.07) is 7.81. The van der Waals surface area contributed by atoms with Crippen LogP contribution >= 0.6 is 0 Å². The van der Waals surface area contributed by atoms with Gasteiger partial charge in [-0.3, -0.25) is 4.79 Å². The lowest BCUT2D eigenvalue weighted by molar-refractivity contribution is -0.131. The van der Waals surface area contributed by atoms with Crippen LogP contribution in [-0.4, -0.2) is 51.3 Å². The number of amides is 1. The average Bonchev–Trinajstić information content (AvgIpc) is 2.51. The van der Waals surface area contributed by atoms with Crippen molar-refractivity contribution in [2.24, 2.45) is 5.73 Å². The number of hydrogen-bond donors (Lipinski definition) is 1. The van der Waals surface area contributed by atoms with Crippen molar-refractivity contribution < 1.29 is 14.3 Å². The van der Waals surface area contributed by atoms with E-state index < -0.39 is 0 Å². The van der Waals surface area contributed by atoms with E-state index in [0.29, 0.717) is 39.3 Å². The number of carbonyl (C=O) groups is 1. The monoisotopic (exact) mass is 294 g/mol. The van der Waals surface area contributed by atoms with Crippen molar-refractivity contribution in [1.82, 2.24) is 4.90 Å². The van der Waals surface area contributed by atoms with Crippen molar-refractivity contribution in [1.29, 1.82) is 0 Å². The summed E-state index contributed by atoms with van der Waals surface area (Å²) in [5, 5.41) is 0. The van der Waals surface area contributed by atoms with Crippen LogP contribution in [0.3, 0.4) is 0 Å². The lowest BCUT2D eigenvalue weighted by Crippen LogP contribution is -2.36. The predicted molar refractivity (Wildman–Crippen MR) is 83.0 cm³/mol. The molecule has 0 aliphatic heterocycles. The molecule has 1 aromatic carbocycles. The van der Waals surface area contributed by atoms with E-state index in [1.165, 1.54) is 0 Å². The molecule has 5 heteroatoms. The Morgan fingerprint density at radius 3 is 2.38 bits per heavy atom. The van der Waals surface area contributed by atoms with Crippen LogP contribution in [0.25, 0.3) is 0 Å². The third-order valence-electron chi connectivity index (χ3n) is 3.37. The van der Waals surface area contributed by atoms with Gasteiger partial charge < -0.3 is 20.1 Å². The van der Waals surface area contributed by atoms with Crippen LogP contribution in [0.5, 0.6) is 0 Å². The van der Waals surface area contributed by atoms with Crippen molar-refractivity contribution in [3.05, 3.63) is 35.4 Å². The fraction of sp³-hybridized carbons (Fsp3) is 0.562. The Balaban J connectivity index is 2.65. The van der Waals surface area contributed by atoms with E-state index in [1.807, 2.05) is 29.2 Å². The number of ether oxygens (including phenoxy) is 2.